The maximum atomic E-state index is 12.3. The summed E-state index contributed by atoms with van der Waals surface area (Å²) in [6, 6.07) is 13.8. The summed E-state index contributed by atoms with van der Waals surface area (Å²) in [7, 11) is 0. The molecule has 134 valence electrons. The predicted molar refractivity (Wildman–Crippen MR) is 108 cm³/mol. The molecule has 0 fully saturated rings. The van der Waals surface area contributed by atoms with Crippen molar-refractivity contribution in [1.82, 2.24) is 4.98 Å². The number of rotatable bonds is 2. The molecule has 0 unspecified atom stereocenters. The van der Waals surface area contributed by atoms with Crippen LogP contribution in [0, 0.1) is 20.8 Å². The van der Waals surface area contributed by atoms with Crippen LogP contribution in [0.25, 0.3) is 17.0 Å². The molecule has 0 atom stereocenters. The number of fused-ring (bicyclic) bond motifs is 1. The molecule has 0 N–H and O–H groups in total. The van der Waals surface area contributed by atoms with Gasteiger partial charge < -0.3 is 4.74 Å². The summed E-state index contributed by atoms with van der Waals surface area (Å²) < 4.78 is 5.37. The summed E-state index contributed by atoms with van der Waals surface area (Å²) in [6.07, 6.45) is 1.62. The molecule has 1 aromatic heterocycles. The Kier molecular flexibility index (Phi) is 4.28. The van der Waals surface area contributed by atoms with Crippen LogP contribution in [0.1, 0.15) is 27.8 Å². The zero-order valence-electron chi connectivity index (χ0n) is 15.2. The van der Waals surface area contributed by atoms with Crippen LogP contribution >= 0.6 is 11.6 Å². The summed E-state index contributed by atoms with van der Waals surface area (Å²) in [4.78, 5) is 21.1. The lowest BCUT2D eigenvalue weighted by Crippen LogP contribution is -2.06. The number of carbonyl (C=O) groups is 1. The maximum Gasteiger partial charge on any atom is 0.363 e. The highest BCUT2D eigenvalue weighted by molar-refractivity contribution is 6.31. The van der Waals surface area contributed by atoms with Crippen molar-refractivity contribution in [3.8, 4) is 0 Å². The van der Waals surface area contributed by atoms with E-state index in [-0.39, 0.29) is 5.70 Å². The zero-order chi connectivity index (χ0) is 19.1. The van der Waals surface area contributed by atoms with Crippen molar-refractivity contribution < 1.29 is 9.53 Å². The fourth-order valence-electron chi connectivity index (χ4n) is 3.22. The molecule has 0 saturated carbocycles. The van der Waals surface area contributed by atoms with Gasteiger partial charge in [0.05, 0.1) is 5.52 Å². The number of pyridine rings is 1. The molecule has 5 heteroatoms. The van der Waals surface area contributed by atoms with Gasteiger partial charge in [-0.25, -0.2) is 14.8 Å². The molecule has 2 aromatic carbocycles. The van der Waals surface area contributed by atoms with Gasteiger partial charge in [0.1, 0.15) is 5.15 Å². The Hall–Kier alpha value is -2.98. The minimum Gasteiger partial charge on any atom is -0.402 e. The van der Waals surface area contributed by atoms with Crippen molar-refractivity contribution in [1.29, 1.82) is 0 Å². The maximum absolute atomic E-state index is 12.3. The van der Waals surface area contributed by atoms with E-state index < -0.39 is 5.97 Å². The lowest BCUT2D eigenvalue weighted by atomic mass is 10.1. The first-order valence-electron chi connectivity index (χ1n) is 8.58. The lowest BCUT2D eigenvalue weighted by Gasteiger charge is -2.04. The summed E-state index contributed by atoms with van der Waals surface area (Å²) in [5.41, 5.74) is 5.67. The molecular formula is C22H17ClN2O2. The van der Waals surface area contributed by atoms with E-state index in [0.29, 0.717) is 16.6 Å². The van der Waals surface area contributed by atoms with Crippen LogP contribution in [-0.2, 0) is 9.53 Å². The van der Waals surface area contributed by atoms with Crippen LogP contribution in [0.2, 0.25) is 5.15 Å². The fraction of sp³-hybridized carbons (Fsp3) is 0.136. The number of nitrogens with zero attached hydrogens (tertiary/aromatic N) is 2. The number of esters is 1. The number of halogens is 1. The van der Waals surface area contributed by atoms with Gasteiger partial charge in [0.2, 0.25) is 5.90 Å². The number of cyclic esters (lactones) is 1. The second-order valence-electron chi connectivity index (χ2n) is 6.73. The second-order valence-corrected chi connectivity index (χ2v) is 7.09. The molecule has 0 aliphatic carbocycles. The van der Waals surface area contributed by atoms with Gasteiger partial charge in [-0.15, -0.1) is 0 Å². The van der Waals surface area contributed by atoms with E-state index in [1.165, 1.54) is 0 Å². The summed E-state index contributed by atoms with van der Waals surface area (Å²) in [6.45, 7) is 5.97. The molecule has 2 heterocycles. The van der Waals surface area contributed by atoms with Crippen molar-refractivity contribution in [2.24, 2.45) is 4.99 Å². The number of aliphatic imine (C=N–C) groups is 1. The monoisotopic (exact) mass is 376 g/mol. The van der Waals surface area contributed by atoms with Gasteiger partial charge in [0.25, 0.3) is 0 Å². The highest BCUT2D eigenvalue weighted by Gasteiger charge is 2.25. The summed E-state index contributed by atoms with van der Waals surface area (Å²) >= 11 is 6.34. The first-order chi connectivity index (χ1) is 12.9. The molecule has 27 heavy (non-hydrogen) atoms. The largest absolute Gasteiger partial charge is 0.402 e. The Bertz CT molecular complexity index is 1140. The van der Waals surface area contributed by atoms with Gasteiger partial charge >= 0.3 is 5.97 Å². The summed E-state index contributed by atoms with van der Waals surface area (Å²) in [5, 5.41) is 1.28. The topological polar surface area (TPSA) is 51.5 Å². The molecule has 0 spiro atoms. The number of benzene rings is 2. The minimum absolute atomic E-state index is 0.208. The molecule has 3 aromatic rings. The Morgan fingerprint density at radius 2 is 1.78 bits per heavy atom. The highest BCUT2D eigenvalue weighted by Crippen LogP contribution is 2.27. The van der Waals surface area contributed by atoms with Crippen molar-refractivity contribution in [2.45, 2.75) is 20.8 Å². The second kappa shape index (κ2) is 6.63. The van der Waals surface area contributed by atoms with E-state index in [1.54, 1.807) is 6.08 Å². The first-order valence-corrected chi connectivity index (χ1v) is 8.95. The molecule has 0 amide bonds. The third kappa shape index (κ3) is 3.36. The average molecular weight is 377 g/mol. The first kappa shape index (κ1) is 17.4. The van der Waals surface area contributed by atoms with E-state index >= 15 is 0 Å². The van der Waals surface area contributed by atoms with Crippen LogP contribution in [0.3, 0.4) is 0 Å². The SMILES string of the molecule is Cc1cc(C)cc(C2=NC(=Cc3cc4cccc(C)c4nc3Cl)C(=O)O2)c1. The standard InChI is InChI=1S/C22H17ClN2O2/c1-12-7-13(2)9-17(8-12)21-24-18(22(26)27-21)11-16-10-15-6-4-5-14(3)19(15)25-20(16)23/h4-11H,1-3H3. The van der Waals surface area contributed by atoms with Crippen LogP contribution in [0.4, 0.5) is 0 Å². The molecule has 1 aliphatic rings. The number of para-hydroxylation sites is 1. The average Bonchev–Trinajstić information content (AvgIpc) is 2.97. The Morgan fingerprint density at radius 3 is 2.52 bits per heavy atom. The van der Waals surface area contributed by atoms with Gasteiger partial charge in [-0.1, -0.05) is 47.0 Å². The van der Waals surface area contributed by atoms with Crippen LogP contribution in [0.5, 0.6) is 0 Å². The predicted octanol–water partition coefficient (Wildman–Crippen LogP) is 5.16. The fourth-order valence-corrected chi connectivity index (χ4v) is 3.41. The number of hydrogen-bond donors (Lipinski definition) is 0. The molecule has 4 nitrogen and oxygen atoms in total. The number of aryl methyl sites for hydroxylation is 3. The van der Waals surface area contributed by atoms with E-state index in [4.69, 9.17) is 16.3 Å². The third-order valence-corrected chi connectivity index (χ3v) is 4.71. The smallest absolute Gasteiger partial charge is 0.363 e. The van der Waals surface area contributed by atoms with Crippen LogP contribution in [0.15, 0.2) is 53.2 Å². The van der Waals surface area contributed by atoms with Crippen molar-refractivity contribution in [3.05, 3.63) is 81.1 Å². The zero-order valence-corrected chi connectivity index (χ0v) is 16.0. The van der Waals surface area contributed by atoms with Crippen molar-refractivity contribution in [2.75, 3.05) is 0 Å². The minimum atomic E-state index is -0.496. The quantitative estimate of drug-likeness (QED) is 0.352. The van der Waals surface area contributed by atoms with Crippen LogP contribution in [-0.4, -0.2) is 16.9 Å². The Balaban J connectivity index is 1.77. The van der Waals surface area contributed by atoms with Crippen molar-refractivity contribution in [3.63, 3.8) is 0 Å². The van der Waals surface area contributed by atoms with Gasteiger partial charge in [-0.3, -0.25) is 0 Å². The number of ether oxygens (including phenoxy) is 1. The van der Waals surface area contributed by atoms with E-state index in [0.717, 1.165) is 33.2 Å². The van der Waals surface area contributed by atoms with E-state index in [9.17, 15) is 4.79 Å². The van der Waals surface area contributed by atoms with E-state index in [2.05, 4.69) is 16.0 Å². The van der Waals surface area contributed by atoms with Gasteiger partial charge in [-0.2, -0.15) is 0 Å². The van der Waals surface area contributed by atoms with Gasteiger partial charge in [0, 0.05) is 16.5 Å². The van der Waals surface area contributed by atoms with Crippen molar-refractivity contribution >= 4 is 40.4 Å². The molecule has 1 aliphatic heterocycles. The Labute approximate surface area is 162 Å². The summed E-state index contributed by atoms with van der Waals surface area (Å²) in [5.74, 6) is -0.191. The number of hydrogen-bond acceptors (Lipinski definition) is 4. The Morgan fingerprint density at radius 1 is 1.04 bits per heavy atom. The normalized spacial score (nSPS) is 15.3. The van der Waals surface area contributed by atoms with Crippen LogP contribution < -0.4 is 0 Å². The molecule has 4 rings (SSSR count). The number of carbonyl (C=O) groups excluding carboxylic acids is 1. The highest BCUT2D eigenvalue weighted by atomic mass is 35.5. The lowest BCUT2D eigenvalue weighted by molar-refractivity contribution is -0.129. The molecule has 0 bridgehead atoms. The third-order valence-electron chi connectivity index (χ3n) is 4.41. The van der Waals surface area contributed by atoms with Gasteiger partial charge in [-0.05, 0) is 50.6 Å². The van der Waals surface area contributed by atoms with Gasteiger partial charge in [0.15, 0.2) is 5.70 Å². The number of aromatic nitrogens is 1. The van der Waals surface area contributed by atoms with E-state index in [1.807, 2.05) is 57.2 Å². The molecular weight excluding hydrogens is 360 g/mol. The molecule has 0 radical (unpaired) electrons. The molecule has 0 saturated heterocycles.